The van der Waals surface area contributed by atoms with Crippen molar-refractivity contribution in [2.45, 2.75) is 32.8 Å². The van der Waals surface area contributed by atoms with Crippen molar-refractivity contribution in [3.8, 4) is 11.3 Å². The summed E-state index contributed by atoms with van der Waals surface area (Å²) >= 11 is 0. The molecule has 1 atom stereocenters. The summed E-state index contributed by atoms with van der Waals surface area (Å²) in [5.41, 5.74) is 0.826. The number of carbonyl (C=O) groups is 1. The maximum Gasteiger partial charge on any atom is 0.323 e. The molecule has 23 heavy (non-hydrogen) atoms. The van der Waals surface area contributed by atoms with Gasteiger partial charge in [-0.2, -0.15) is 0 Å². The number of hydrogen-bond donors (Lipinski definition) is 1. The Balaban J connectivity index is 1.62. The molecular formula is C16H21N3O4. The van der Waals surface area contributed by atoms with E-state index >= 15 is 0 Å². The quantitative estimate of drug-likeness (QED) is 0.935. The Kier molecular flexibility index (Phi) is 4.66. The van der Waals surface area contributed by atoms with Crippen molar-refractivity contribution in [2.24, 2.45) is 0 Å². The Morgan fingerprint density at radius 1 is 1.52 bits per heavy atom. The number of morpholine rings is 1. The van der Waals surface area contributed by atoms with Crippen LogP contribution in [0, 0.1) is 6.92 Å². The van der Waals surface area contributed by atoms with Gasteiger partial charge in [-0.1, -0.05) is 18.5 Å². The molecule has 1 N–H and O–H groups in total. The van der Waals surface area contributed by atoms with Gasteiger partial charge in [0.2, 0.25) is 0 Å². The largest absolute Gasteiger partial charge is 0.469 e. The maximum absolute atomic E-state index is 12.3. The highest BCUT2D eigenvalue weighted by Gasteiger charge is 2.24. The molecule has 124 valence electrons. The number of hydrogen-bond acceptors (Lipinski definition) is 5. The van der Waals surface area contributed by atoms with Gasteiger partial charge >= 0.3 is 6.03 Å². The van der Waals surface area contributed by atoms with E-state index in [9.17, 15) is 4.79 Å². The molecule has 0 saturated carbocycles. The number of nitrogens with one attached hydrogen (secondary N) is 1. The van der Waals surface area contributed by atoms with Gasteiger partial charge in [-0.15, -0.1) is 0 Å². The molecule has 0 aliphatic carbocycles. The van der Waals surface area contributed by atoms with E-state index in [1.54, 1.807) is 23.3 Å². The van der Waals surface area contributed by atoms with Gasteiger partial charge in [0.15, 0.2) is 11.6 Å². The summed E-state index contributed by atoms with van der Waals surface area (Å²) in [4.78, 5) is 14.1. The fourth-order valence-corrected chi connectivity index (χ4v) is 2.69. The lowest BCUT2D eigenvalue weighted by Gasteiger charge is -2.32. The molecule has 2 amide bonds. The fraction of sp³-hybridized carbons (Fsp3) is 0.500. The van der Waals surface area contributed by atoms with Crippen molar-refractivity contribution in [1.29, 1.82) is 0 Å². The molecule has 0 bridgehead atoms. The predicted molar refractivity (Wildman–Crippen MR) is 84.2 cm³/mol. The SMILES string of the molecule is CCCC1CN(C(=O)Nc2cc(-c3ccoc3C)on2)CCO1. The van der Waals surface area contributed by atoms with Gasteiger partial charge in [0.05, 0.1) is 24.5 Å². The van der Waals surface area contributed by atoms with E-state index in [0.29, 0.717) is 31.3 Å². The third kappa shape index (κ3) is 3.56. The number of anilines is 1. The van der Waals surface area contributed by atoms with E-state index in [2.05, 4.69) is 17.4 Å². The van der Waals surface area contributed by atoms with Gasteiger partial charge in [-0.25, -0.2) is 4.79 Å². The van der Waals surface area contributed by atoms with Crippen LogP contribution in [-0.2, 0) is 4.74 Å². The summed E-state index contributed by atoms with van der Waals surface area (Å²) < 4.78 is 16.2. The first-order chi connectivity index (χ1) is 11.2. The van der Waals surface area contributed by atoms with Crippen molar-refractivity contribution in [3.05, 3.63) is 24.2 Å². The molecule has 2 aromatic heterocycles. The molecule has 0 spiro atoms. The van der Waals surface area contributed by atoms with Gasteiger partial charge < -0.3 is 18.6 Å². The van der Waals surface area contributed by atoms with Crippen molar-refractivity contribution >= 4 is 11.8 Å². The minimum absolute atomic E-state index is 0.112. The molecule has 2 aromatic rings. The smallest absolute Gasteiger partial charge is 0.323 e. The number of ether oxygens (including phenoxy) is 1. The first kappa shape index (κ1) is 15.6. The Labute approximate surface area is 134 Å². The lowest BCUT2D eigenvalue weighted by molar-refractivity contribution is -0.0162. The molecule has 1 saturated heterocycles. The van der Waals surface area contributed by atoms with Crippen molar-refractivity contribution in [1.82, 2.24) is 10.1 Å². The zero-order valence-electron chi connectivity index (χ0n) is 13.4. The van der Waals surface area contributed by atoms with Gasteiger partial charge in [0.1, 0.15) is 5.76 Å². The predicted octanol–water partition coefficient (Wildman–Crippen LogP) is 3.28. The average Bonchev–Trinajstić information content (AvgIpc) is 3.16. The highest BCUT2D eigenvalue weighted by atomic mass is 16.5. The number of aryl methyl sites for hydroxylation is 1. The summed E-state index contributed by atoms with van der Waals surface area (Å²) in [6.45, 7) is 5.70. The Bertz CT molecular complexity index is 662. The zero-order chi connectivity index (χ0) is 16.2. The van der Waals surface area contributed by atoms with E-state index in [-0.39, 0.29) is 12.1 Å². The second-order valence-corrected chi connectivity index (χ2v) is 5.62. The third-order valence-corrected chi connectivity index (χ3v) is 3.91. The molecule has 1 unspecified atom stereocenters. The summed E-state index contributed by atoms with van der Waals surface area (Å²) in [5, 5.41) is 6.67. The summed E-state index contributed by atoms with van der Waals surface area (Å²) in [6.07, 6.45) is 3.70. The van der Waals surface area contributed by atoms with E-state index in [1.807, 2.05) is 6.92 Å². The lowest BCUT2D eigenvalue weighted by Crippen LogP contribution is -2.47. The lowest BCUT2D eigenvalue weighted by atomic mass is 10.2. The topological polar surface area (TPSA) is 80.7 Å². The van der Waals surface area contributed by atoms with Gasteiger partial charge in [0, 0.05) is 19.2 Å². The van der Waals surface area contributed by atoms with Crippen LogP contribution in [0.15, 0.2) is 27.3 Å². The number of amides is 2. The second-order valence-electron chi connectivity index (χ2n) is 5.62. The Hall–Kier alpha value is -2.28. The molecule has 3 rings (SSSR count). The normalized spacial score (nSPS) is 18.2. The molecule has 1 aliphatic heterocycles. The van der Waals surface area contributed by atoms with Crippen molar-refractivity contribution in [2.75, 3.05) is 25.0 Å². The highest BCUT2D eigenvalue weighted by Crippen LogP contribution is 2.26. The van der Waals surface area contributed by atoms with Gasteiger partial charge in [-0.05, 0) is 19.4 Å². The van der Waals surface area contributed by atoms with Crippen LogP contribution in [0.5, 0.6) is 0 Å². The molecule has 3 heterocycles. The van der Waals surface area contributed by atoms with E-state index < -0.39 is 0 Å². The van der Waals surface area contributed by atoms with Crippen LogP contribution in [0.3, 0.4) is 0 Å². The van der Waals surface area contributed by atoms with Crippen LogP contribution in [0.4, 0.5) is 10.6 Å². The molecule has 0 radical (unpaired) electrons. The number of aromatic nitrogens is 1. The second kappa shape index (κ2) is 6.87. The van der Waals surface area contributed by atoms with Crippen LogP contribution < -0.4 is 5.32 Å². The molecule has 7 nitrogen and oxygen atoms in total. The molecular weight excluding hydrogens is 298 g/mol. The minimum atomic E-state index is -0.182. The minimum Gasteiger partial charge on any atom is -0.469 e. The maximum atomic E-state index is 12.3. The Morgan fingerprint density at radius 3 is 3.13 bits per heavy atom. The number of carbonyl (C=O) groups excluding carboxylic acids is 1. The van der Waals surface area contributed by atoms with Crippen LogP contribution in [0.2, 0.25) is 0 Å². The zero-order valence-corrected chi connectivity index (χ0v) is 13.4. The van der Waals surface area contributed by atoms with Gasteiger partial charge in [0.25, 0.3) is 0 Å². The van der Waals surface area contributed by atoms with Crippen LogP contribution in [0.1, 0.15) is 25.5 Å². The average molecular weight is 319 g/mol. The van der Waals surface area contributed by atoms with Crippen LogP contribution in [-0.4, -0.2) is 41.9 Å². The summed E-state index contributed by atoms with van der Waals surface area (Å²) in [6, 6.07) is 3.32. The monoisotopic (exact) mass is 319 g/mol. The molecule has 0 aromatic carbocycles. The van der Waals surface area contributed by atoms with Crippen LogP contribution >= 0.6 is 0 Å². The van der Waals surface area contributed by atoms with Crippen molar-refractivity contribution < 1.29 is 18.5 Å². The first-order valence-corrected chi connectivity index (χ1v) is 7.86. The first-order valence-electron chi connectivity index (χ1n) is 7.86. The standard InChI is InChI=1S/C16H21N3O4/c1-3-4-12-10-19(6-8-22-12)16(20)17-15-9-14(23-18-15)13-5-7-21-11(13)2/h5,7,9,12H,3-4,6,8,10H2,1-2H3,(H,17,18,20). The highest BCUT2D eigenvalue weighted by molar-refractivity contribution is 5.88. The third-order valence-electron chi connectivity index (χ3n) is 3.91. The fourth-order valence-electron chi connectivity index (χ4n) is 2.69. The van der Waals surface area contributed by atoms with E-state index in [4.69, 9.17) is 13.7 Å². The van der Waals surface area contributed by atoms with Crippen molar-refractivity contribution in [3.63, 3.8) is 0 Å². The molecule has 1 aliphatic rings. The number of furan rings is 1. The number of rotatable bonds is 4. The number of urea groups is 1. The number of nitrogens with zero attached hydrogens (tertiary/aromatic N) is 2. The Morgan fingerprint density at radius 2 is 2.39 bits per heavy atom. The molecule has 1 fully saturated rings. The summed E-state index contributed by atoms with van der Waals surface area (Å²) in [7, 11) is 0. The molecule has 7 heteroatoms. The van der Waals surface area contributed by atoms with E-state index in [0.717, 1.165) is 24.2 Å². The van der Waals surface area contributed by atoms with E-state index in [1.165, 1.54) is 0 Å². The summed E-state index contributed by atoms with van der Waals surface area (Å²) in [5.74, 6) is 1.70. The van der Waals surface area contributed by atoms with Gasteiger partial charge in [-0.3, -0.25) is 5.32 Å². The van der Waals surface area contributed by atoms with Crippen LogP contribution in [0.25, 0.3) is 11.3 Å².